The molecule has 0 fully saturated rings. The van der Waals surface area contributed by atoms with E-state index in [1.165, 1.54) is 0 Å². The Kier molecular flexibility index (Phi) is 2.29. The summed E-state index contributed by atoms with van der Waals surface area (Å²) in [5.41, 5.74) is 2.56. The first-order valence-electron chi connectivity index (χ1n) is 5.24. The largest absolute Gasteiger partial charge is 0.347 e. The number of rotatable bonds is 2. The van der Waals surface area contributed by atoms with Crippen LogP contribution in [0.3, 0.4) is 0 Å². The summed E-state index contributed by atoms with van der Waals surface area (Å²) >= 11 is 5.32. The van der Waals surface area contributed by atoms with Crippen LogP contribution in [-0.4, -0.2) is 19.9 Å². The lowest BCUT2D eigenvalue weighted by Gasteiger charge is -2.18. The summed E-state index contributed by atoms with van der Waals surface area (Å²) in [6.07, 6.45) is 5.57. The van der Waals surface area contributed by atoms with E-state index in [1.807, 2.05) is 11.0 Å². The number of nitrogens with one attached hydrogen (secondary N) is 2. The smallest absolute Gasteiger partial charge is 0.253 e. The number of aromatic amines is 2. The van der Waals surface area contributed by atoms with E-state index in [0.717, 1.165) is 21.9 Å². The Morgan fingerprint density at radius 1 is 1.47 bits per heavy atom. The molecule has 5 nitrogen and oxygen atoms in total. The quantitative estimate of drug-likeness (QED) is 0.776. The van der Waals surface area contributed by atoms with Gasteiger partial charge in [0.15, 0.2) is 0 Å². The lowest BCUT2D eigenvalue weighted by atomic mass is 10.2. The lowest BCUT2D eigenvalue weighted by molar-refractivity contribution is 0.978. The predicted molar refractivity (Wildman–Crippen MR) is 68.1 cm³/mol. The average Bonchev–Trinajstić information content (AvgIpc) is 2.91. The van der Waals surface area contributed by atoms with Gasteiger partial charge in [0.05, 0.1) is 29.2 Å². The molecule has 1 aliphatic rings. The Morgan fingerprint density at radius 2 is 2.35 bits per heavy atom. The van der Waals surface area contributed by atoms with Gasteiger partial charge in [0.2, 0.25) is 0 Å². The van der Waals surface area contributed by atoms with Crippen LogP contribution in [0.15, 0.2) is 29.6 Å². The van der Waals surface area contributed by atoms with E-state index < -0.39 is 0 Å². The van der Waals surface area contributed by atoms with Crippen molar-refractivity contribution in [2.75, 3.05) is 4.90 Å². The summed E-state index contributed by atoms with van der Waals surface area (Å²) in [6.45, 7) is 0.620. The zero-order valence-electron chi connectivity index (χ0n) is 8.93. The van der Waals surface area contributed by atoms with Crippen molar-refractivity contribution in [1.29, 1.82) is 0 Å². The van der Waals surface area contributed by atoms with Gasteiger partial charge in [0.25, 0.3) is 5.56 Å². The van der Waals surface area contributed by atoms with Crippen LogP contribution in [0.4, 0.5) is 5.69 Å². The van der Waals surface area contributed by atoms with Crippen LogP contribution < -0.4 is 10.5 Å². The van der Waals surface area contributed by atoms with Gasteiger partial charge in [-0.3, -0.25) is 4.79 Å². The number of hydrogen-bond donors (Lipinski definition) is 2. The second-order valence-electron chi connectivity index (χ2n) is 3.90. The molecule has 2 aromatic rings. The Bertz CT molecular complexity index is 617. The first-order chi connectivity index (χ1) is 8.25. The lowest BCUT2D eigenvalue weighted by Crippen LogP contribution is -2.24. The summed E-state index contributed by atoms with van der Waals surface area (Å²) < 4.78 is 0. The Morgan fingerprint density at radius 3 is 3.12 bits per heavy atom. The fourth-order valence-electron chi connectivity index (χ4n) is 2.02. The summed E-state index contributed by atoms with van der Waals surface area (Å²) in [5.74, 6) is 0. The second kappa shape index (κ2) is 3.81. The maximum absolute atomic E-state index is 11.6. The number of hydrogen-bond acceptors (Lipinski definition) is 3. The fraction of sp³-hybridized carbons (Fsp3) is 0.182. The number of fused-ring (bicyclic) bond motifs is 1. The molecule has 0 atom stereocenters. The molecule has 1 aliphatic heterocycles. The first-order valence-corrected chi connectivity index (χ1v) is 5.65. The van der Waals surface area contributed by atoms with E-state index in [1.54, 1.807) is 18.7 Å². The number of pyridine rings is 1. The number of thiocarbonyl (C=S) groups is 1. The summed E-state index contributed by atoms with van der Waals surface area (Å²) in [7, 11) is 0. The van der Waals surface area contributed by atoms with Crippen molar-refractivity contribution in [2.24, 2.45) is 0 Å². The molecule has 0 bridgehead atoms. The van der Waals surface area contributed by atoms with E-state index >= 15 is 0 Å². The van der Waals surface area contributed by atoms with Crippen molar-refractivity contribution in [3.63, 3.8) is 0 Å². The Labute approximate surface area is 103 Å². The van der Waals surface area contributed by atoms with Gasteiger partial charge < -0.3 is 14.9 Å². The normalized spacial score (nSPS) is 14.1. The van der Waals surface area contributed by atoms with Crippen LogP contribution in [0.1, 0.15) is 11.3 Å². The molecule has 86 valence electrons. The van der Waals surface area contributed by atoms with Crippen molar-refractivity contribution >= 4 is 22.9 Å². The molecule has 0 unspecified atom stereocenters. The highest BCUT2D eigenvalue weighted by Crippen LogP contribution is 2.27. The molecule has 0 aromatic carbocycles. The molecule has 6 heteroatoms. The van der Waals surface area contributed by atoms with E-state index in [4.69, 9.17) is 12.2 Å². The molecule has 0 saturated carbocycles. The minimum atomic E-state index is -0.0584. The number of nitrogens with zero attached hydrogens (tertiary/aromatic N) is 2. The topological polar surface area (TPSA) is 64.8 Å². The minimum Gasteiger partial charge on any atom is -0.347 e. The van der Waals surface area contributed by atoms with Gasteiger partial charge in [0.1, 0.15) is 0 Å². The van der Waals surface area contributed by atoms with E-state index in [-0.39, 0.29) is 5.56 Å². The van der Waals surface area contributed by atoms with Crippen LogP contribution in [0.25, 0.3) is 0 Å². The SMILES string of the molecule is O=c1[nH]ccc2c1CC(=S)N2Cc1cnc[nH]1. The maximum Gasteiger partial charge on any atom is 0.253 e. The highest BCUT2D eigenvalue weighted by atomic mass is 32.1. The van der Waals surface area contributed by atoms with Gasteiger partial charge in [-0.15, -0.1) is 0 Å². The fourth-order valence-corrected chi connectivity index (χ4v) is 2.33. The third kappa shape index (κ3) is 1.66. The number of aromatic nitrogens is 3. The molecule has 3 rings (SSSR count). The minimum absolute atomic E-state index is 0.0584. The molecule has 0 amide bonds. The molecule has 2 N–H and O–H groups in total. The van der Waals surface area contributed by atoms with Gasteiger partial charge in [-0.1, -0.05) is 12.2 Å². The van der Waals surface area contributed by atoms with Gasteiger partial charge in [-0.2, -0.15) is 0 Å². The first kappa shape index (κ1) is 10.2. The molecule has 2 aromatic heterocycles. The maximum atomic E-state index is 11.6. The van der Waals surface area contributed by atoms with Gasteiger partial charge in [-0.25, -0.2) is 4.98 Å². The Balaban J connectivity index is 2.00. The van der Waals surface area contributed by atoms with Gasteiger partial charge in [0, 0.05) is 24.4 Å². The van der Waals surface area contributed by atoms with Crippen molar-refractivity contribution in [3.05, 3.63) is 46.4 Å². The molecule has 0 spiro atoms. The van der Waals surface area contributed by atoms with Crippen LogP contribution in [-0.2, 0) is 13.0 Å². The molecular weight excluding hydrogens is 236 g/mol. The van der Waals surface area contributed by atoms with Crippen molar-refractivity contribution in [1.82, 2.24) is 15.0 Å². The number of H-pyrrole nitrogens is 2. The molecule has 0 radical (unpaired) electrons. The van der Waals surface area contributed by atoms with Crippen molar-refractivity contribution in [2.45, 2.75) is 13.0 Å². The highest BCUT2D eigenvalue weighted by Gasteiger charge is 2.26. The predicted octanol–water partition coefficient (Wildman–Crippen LogP) is 0.988. The summed E-state index contributed by atoms with van der Waals surface area (Å²) in [6, 6.07) is 1.88. The zero-order chi connectivity index (χ0) is 11.8. The zero-order valence-corrected chi connectivity index (χ0v) is 9.75. The molecule has 3 heterocycles. The molecule has 0 aliphatic carbocycles. The van der Waals surface area contributed by atoms with Crippen molar-refractivity contribution < 1.29 is 0 Å². The van der Waals surface area contributed by atoms with Crippen molar-refractivity contribution in [3.8, 4) is 0 Å². The Hall–Kier alpha value is -1.95. The van der Waals surface area contributed by atoms with Crippen LogP contribution in [0, 0.1) is 0 Å². The second-order valence-corrected chi connectivity index (χ2v) is 4.38. The third-order valence-electron chi connectivity index (χ3n) is 2.84. The number of imidazole rings is 1. The summed E-state index contributed by atoms with van der Waals surface area (Å²) in [4.78, 5) is 24.0. The van der Waals surface area contributed by atoms with Gasteiger partial charge >= 0.3 is 0 Å². The van der Waals surface area contributed by atoms with E-state index in [9.17, 15) is 4.79 Å². The van der Waals surface area contributed by atoms with E-state index in [0.29, 0.717) is 13.0 Å². The number of anilines is 1. The highest BCUT2D eigenvalue weighted by molar-refractivity contribution is 7.80. The molecule has 0 saturated heterocycles. The van der Waals surface area contributed by atoms with Gasteiger partial charge in [-0.05, 0) is 6.07 Å². The van der Waals surface area contributed by atoms with Crippen LogP contribution in [0.5, 0.6) is 0 Å². The standard InChI is InChI=1S/C11H10N4OS/c16-11-8-3-10(17)15(9(8)1-2-13-11)5-7-4-12-6-14-7/h1-2,4,6H,3,5H2,(H,12,14)(H,13,16). The van der Waals surface area contributed by atoms with Crippen LogP contribution >= 0.6 is 12.2 Å². The molecule has 17 heavy (non-hydrogen) atoms. The monoisotopic (exact) mass is 246 g/mol. The third-order valence-corrected chi connectivity index (χ3v) is 3.21. The van der Waals surface area contributed by atoms with E-state index in [2.05, 4.69) is 15.0 Å². The summed E-state index contributed by atoms with van der Waals surface area (Å²) in [5, 5.41) is 0. The molecular formula is C11H10N4OS. The average molecular weight is 246 g/mol. The van der Waals surface area contributed by atoms with Crippen LogP contribution in [0.2, 0.25) is 0 Å².